The fourth-order valence-electron chi connectivity index (χ4n) is 0. The first-order chi connectivity index (χ1) is 2.45. The van der Waals surface area contributed by atoms with E-state index in [0.29, 0.717) is 0 Å². The van der Waals surface area contributed by atoms with Gasteiger partial charge in [0, 0.05) is 0 Å². The number of rotatable bonds is 0. The molecule has 0 amide bonds. The van der Waals surface area contributed by atoms with Crippen LogP contribution in [-0.4, -0.2) is 0 Å². The monoisotopic (exact) mass is 443 g/mol. The summed E-state index contributed by atoms with van der Waals surface area (Å²) in [4.78, 5) is 0. The van der Waals surface area contributed by atoms with Crippen molar-refractivity contribution in [1.29, 1.82) is 0 Å². The maximum atomic E-state index is 9.87. The van der Waals surface area contributed by atoms with E-state index in [1.54, 1.807) is 0 Å². The fraction of sp³-hybridized carbons (Fsp3) is 0. The van der Waals surface area contributed by atoms with Gasteiger partial charge in [0.15, 0.2) is 0 Å². The quantitative estimate of drug-likeness (QED) is 0.275. The smallest absolute Gasteiger partial charge is 0.358 e. The van der Waals surface area contributed by atoms with Crippen LogP contribution in [0.15, 0.2) is 0 Å². The van der Waals surface area contributed by atoms with Gasteiger partial charge in [-0.05, 0) is 0 Å². The van der Waals surface area contributed by atoms with Crippen LogP contribution in [-0.2, 0) is 0 Å². The van der Waals surface area contributed by atoms with Crippen LogP contribution >= 0.6 is 7.81 Å². The minimum atomic E-state index is -10.7. The minimum Gasteiger partial charge on any atom is -0.358 e. The molecule has 0 aromatic rings. The summed E-state index contributed by atoms with van der Waals surface area (Å²) in [5.74, 6) is 0. The zero-order valence-corrected chi connectivity index (χ0v) is 12.3. The molecule has 0 aromatic heterocycles. The fourth-order valence-corrected chi connectivity index (χ4v) is 0. The third-order valence-corrected chi connectivity index (χ3v) is 0. The molecule has 80 valence electrons. The van der Waals surface area contributed by atoms with Gasteiger partial charge in [0.25, 0.3) is 0 Å². The van der Waals surface area contributed by atoms with E-state index in [9.17, 15) is 25.2 Å². The Morgan fingerprint density at radius 2 is 0.500 bits per heavy atom. The van der Waals surface area contributed by atoms with Crippen molar-refractivity contribution in [2.75, 3.05) is 0 Å². The minimum absolute atomic E-state index is 0. The Kier molecular flexibility index (Phi) is 18.2. The molecule has 0 aliphatic carbocycles. The van der Waals surface area contributed by atoms with Crippen molar-refractivity contribution in [3.8, 4) is 0 Å². The Bertz CT molecular complexity index is 78.1. The van der Waals surface area contributed by atoms with Crippen LogP contribution in [0.25, 0.3) is 0 Å². The molecule has 0 aromatic carbocycles. The van der Waals surface area contributed by atoms with Gasteiger partial charge in [-0.25, -0.2) is 0 Å². The maximum Gasteiger partial charge on any atom is 4.00 e. The van der Waals surface area contributed by atoms with E-state index in [2.05, 4.69) is 0 Å². The van der Waals surface area contributed by atoms with Crippen LogP contribution < -0.4 is 0 Å². The number of halogens is 6. The summed E-state index contributed by atoms with van der Waals surface area (Å²) in [5, 5.41) is 0. The average Bonchev–Trinajstić information content (AvgIpc) is 0.592. The van der Waals surface area contributed by atoms with Crippen molar-refractivity contribution in [3.63, 3.8) is 0 Å². The molecular formula is C4H12F6PU-. The van der Waals surface area contributed by atoms with E-state index in [4.69, 9.17) is 0 Å². The molecule has 0 aliphatic heterocycles. The second-order valence-electron chi connectivity index (χ2n) is 0.958. The van der Waals surface area contributed by atoms with E-state index in [1.165, 1.54) is 0 Å². The molecule has 0 aliphatic rings. The second-order valence-corrected chi connectivity index (χ2v) is 2.87. The van der Waals surface area contributed by atoms with Crippen molar-refractivity contribution in [2.24, 2.45) is 0 Å². The first kappa shape index (κ1) is 38.1. The summed E-state index contributed by atoms with van der Waals surface area (Å²) >= 11 is 0. The summed E-state index contributed by atoms with van der Waals surface area (Å²) in [7, 11) is -10.7. The Balaban J connectivity index is -0.0000000180. The first-order valence-electron chi connectivity index (χ1n) is 1.01. The van der Waals surface area contributed by atoms with E-state index >= 15 is 0 Å². The maximum absolute atomic E-state index is 10.7. The van der Waals surface area contributed by atoms with Gasteiger partial charge < -0.3 is 29.7 Å². The molecule has 0 nitrogen and oxygen atoms in total. The summed E-state index contributed by atoms with van der Waals surface area (Å²) in [6.45, 7) is 0. The molecule has 0 fully saturated rings. The molecule has 12 heavy (non-hydrogen) atoms. The summed E-state index contributed by atoms with van der Waals surface area (Å²) < 4.78 is 59.2. The van der Waals surface area contributed by atoms with E-state index < -0.39 is 7.81 Å². The van der Waals surface area contributed by atoms with Gasteiger partial charge in [0.1, 0.15) is 0 Å². The summed E-state index contributed by atoms with van der Waals surface area (Å²) in [6, 6.07) is 0. The normalized spacial score (nSPS) is 13.5. The Labute approximate surface area is 93.7 Å². The van der Waals surface area contributed by atoms with Crippen LogP contribution in [0.4, 0.5) is 25.2 Å². The van der Waals surface area contributed by atoms with Crippen molar-refractivity contribution in [3.05, 3.63) is 29.7 Å². The largest absolute Gasteiger partial charge is 4.00 e. The number of hydrogen-bond acceptors (Lipinski definition) is 0. The first-order valence-corrected chi connectivity index (χ1v) is 3.04. The molecule has 0 radical (unpaired) electrons. The number of hydrogen-bond donors (Lipinski definition) is 0. The molecule has 0 spiro atoms. The standard InChI is InChI=1S/4CH3.F6P.U/c;;;;1-7(2,3,4,5)6;/h4*1H3;;/q5*-1;+4. The third kappa shape index (κ3) is 993. The Hall–Kier alpha value is 1.06. The van der Waals surface area contributed by atoms with Crippen LogP contribution in [0.1, 0.15) is 0 Å². The Morgan fingerprint density at radius 3 is 0.500 bits per heavy atom. The Morgan fingerprint density at radius 1 is 0.500 bits per heavy atom. The molecule has 0 saturated heterocycles. The van der Waals surface area contributed by atoms with Gasteiger partial charge in [-0.1, -0.05) is 0 Å². The summed E-state index contributed by atoms with van der Waals surface area (Å²) in [6.07, 6.45) is 0. The molecule has 0 unspecified atom stereocenters. The third-order valence-electron chi connectivity index (χ3n) is 0. The second kappa shape index (κ2) is 5.72. The van der Waals surface area contributed by atoms with Crippen LogP contribution in [0, 0.1) is 60.8 Å². The van der Waals surface area contributed by atoms with E-state index in [1.807, 2.05) is 0 Å². The van der Waals surface area contributed by atoms with Crippen molar-refractivity contribution in [2.45, 2.75) is 0 Å². The molecular weight excluding hydrogens is 431 g/mol. The molecule has 0 rings (SSSR count). The predicted octanol–water partition coefficient (Wildman–Crippen LogP) is 5.18. The SMILES string of the molecule is F[P-](F)(F)(F)(F)F.[CH3-].[CH3-].[CH3-].[CH3-].[U+4]. The van der Waals surface area contributed by atoms with Gasteiger partial charge in [-0.3, -0.25) is 0 Å². The van der Waals surface area contributed by atoms with Gasteiger partial charge in [0.2, 0.25) is 0 Å². The molecule has 0 N–H and O–H groups in total. The summed E-state index contributed by atoms with van der Waals surface area (Å²) in [5.41, 5.74) is 0. The predicted molar refractivity (Wildman–Crippen MR) is 39.2 cm³/mol. The van der Waals surface area contributed by atoms with Crippen LogP contribution in [0.3, 0.4) is 0 Å². The van der Waals surface area contributed by atoms with Crippen LogP contribution in [0.5, 0.6) is 0 Å². The van der Waals surface area contributed by atoms with Crippen molar-refractivity contribution < 1.29 is 56.3 Å². The zero-order valence-electron chi connectivity index (χ0n) is 7.22. The van der Waals surface area contributed by atoms with Gasteiger partial charge in [0.05, 0.1) is 0 Å². The van der Waals surface area contributed by atoms with E-state index in [0.717, 1.165) is 0 Å². The van der Waals surface area contributed by atoms with Crippen molar-refractivity contribution in [1.82, 2.24) is 0 Å². The molecule has 0 bridgehead atoms. The van der Waals surface area contributed by atoms with Crippen molar-refractivity contribution >= 4 is 7.81 Å². The molecule has 0 heterocycles. The van der Waals surface area contributed by atoms with Gasteiger partial charge in [-0.2, -0.15) is 0 Å². The van der Waals surface area contributed by atoms with Gasteiger partial charge >= 0.3 is 64.1 Å². The molecule has 0 atom stereocenters. The molecule has 8 heteroatoms. The van der Waals surface area contributed by atoms with Crippen LogP contribution in [0.2, 0.25) is 0 Å². The topological polar surface area (TPSA) is 0 Å². The molecule has 0 saturated carbocycles. The average molecular weight is 443 g/mol. The zero-order chi connectivity index (χ0) is 6.41. The van der Waals surface area contributed by atoms with E-state index in [-0.39, 0.29) is 60.8 Å². The van der Waals surface area contributed by atoms with Gasteiger partial charge in [-0.15, -0.1) is 0 Å².